The zero-order chi connectivity index (χ0) is 14.7. The van der Waals surface area contributed by atoms with Crippen molar-refractivity contribution in [2.75, 3.05) is 24.8 Å². The zero-order valence-electron chi connectivity index (χ0n) is 11.4. The van der Waals surface area contributed by atoms with Crippen LogP contribution in [0.5, 0.6) is 5.75 Å². The summed E-state index contributed by atoms with van der Waals surface area (Å²) in [6.07, 6.45) is 0. The summed E-state index contributed by atoms with van der Waals surface area (Å²) in [6.45, 7) is 1.90. The Morgan fingerprint density at radius 1 is 1.10 bits per heavy atom. The molecule has 0 saturated carbocycles. The average molecular weight is 279 g/mol. The molecule has 2 aromatic rings. The van der Waals surface area contributed by atoms with E-state index in [0.717, 1.165) is 11.6 Å². The van der Waals surface area contributed by atoms with Crippen molar-refractivity contribution >= 4 is 17.3 Å². The van der Waals surface area contributed by atoms with Gasteiger partial charge in [0.2, 0.25) is 0 Å². The fourth-order valence-corrected chi connectivity index (χ4v) is 1.78. The molecule has 4 nitrogen and oxygen atoms in total. The van der Waals surface area contributed by atoms with Crippen LogP contribution in [0.3, 0.4) is 0 Å². The fraction of sp³-hybridized carbons (Fsp3) is 0.214. The van der Waals surface area contributed by atoms with Crippen LogP contribution in [-0.2, 0) is 0 Å². The van der Waals surface area contributed by atoms with E-state index in [1.54, 1.807) is 12.1 Å². The Labute approximate surface area is 115 Å². The van der Waals surface area contributed by atoms with Crippen molar-refractivity contribution in [2.24, 2.45) is 0 Å². The van der Waals surface area contributed by atoms with Crippen molar-refractivity contribution in [3.63, 3.8) is 0 Å². The molecule has 6 heteroatoms. The monoisotopic (exact) mass is 279 g/mol. The summed E-state index contributed by atoms with van der Waals surface area (Å²) in [5.74, 6) is -1.07. The number of hydrogen-bond donors (Lipinski definition) is 2. The van der Waals surface area contributed by atoms with Crippen molar-refractivity contribution < 1.29 is 13.5 Å². The number of ether oxygens (including phenoxy) is 1. The molecular formula is C14H15F2N3O. The number of benzene rings is 1. The molecule has 0 saturated heterocycles. The highest BCUT2D eigenvalue weighted by molar-refractivity contribution is 5.66. The topological polar surface area (TPSA) is 46.2 Å². The highest BCUT2D eigenvalue weighted by atomic mass is 19.1. The molecular weight excluding hydrogens is 264 g/mol. The molecule has 0 radical (unpaired) electrons. The van der Waals surface area contributed by atoms with E-state index in [4.69, 9.17) is 4.74 Å². The normalized spacial score (nSPS) is 10.2. The van der Waals surface area contributed by atoms with Gasteiger partial charge in [0.25, 0.3) is 0 Å². The van der Waals surface area contributed by atoms with Gasteiger partial charge in [-0.1, -0.05) is 6.07 Å². The van der Waals surface area contributed by atoms with Crippen molar-refractivity contribution in [2.45, 2.75) is 6.92 Å². The van der Waals surface area contributed by atoms with E-state index in [1.165, 1.54) is 14.2 Å². The second-order valence-corrected chi connectivity index (χ2v) is 4.23. The number of hydrogen-bond acceptors (Lipinski definition) is 4. The van der Waals surface area contributed by atoms with Crippen LogP contribution in [0.25, 0.3) is 0 Å². The van der Waals surface area contributed by atoms with E-state index in [1.807, 2.05) is 13.0 Å². The van der Waals surface area contributed by atoms with Gasteiger partial charge in [0.1, 0.15) is 5.75 Å². The molecule has 0 atom stereocenters. The number of aryl methyl sites for hydroxylation is 1. The average Bonchev–Trinajstić information content (AvgIpc) is 2.42. The molecule has 106 valence electrons. The predicted octanol–water partition coefficient (Wildman–Crippen LogP) is 3.46. The maximum absolute atomic E-state index is 13.8. The number of nitrogens with zero attached hydrogens (tertiary/aromatic N) is 1. The molecule has 1 aromatic carbocycles. The van der Waals surface area contributed by atoms with Gasteiger partial charge in [-0.2, -0.15) is 0 Å². The zero-order valence-corrected chi connectivity index (χ0v) is 11.4. The summed E-state index contributed by atoms with van der Waals surface area (Å²) in [5.41, 5.74) is 1.54. The standard InChI is InChI=1S/C14H15F2N3O/c1-8-4-5-12(20-3)11(6-8)18-14-10(16)7-9(15)13(17-2)19-14/h4-7H,1-3H3,(H2,17,18,19). The molecule has 0 aliphatic rings. The minimum Gasteiger partial charge on any atom is -0.495 e. The van der Waals surface area contributed by atoms with Crippen molar-refractivity contribution in [3.8, 4) is 5.75 Å². The number of aromatic nitrogens is 1. The van der Waals surface area contributed by atoms with Crippen molar-refractivity contribution in [3.05, 3.63) is 41.5 Å². The number of pyridine rings is 1. The third-order valence-corrected chi connectivity index (χ3v) is 2.77. The lowest BCUT2D eigenvalue weighted by atomic mass is 10.2. The number of rotatable bonds is 4. The minimum atomic E-state index is -0.773. The lowest BCUT2D eigenvalue weighted by Crippen LogP contribution is -2.04. The summed E-state index contributed by atoms with van der Waals surface area (Å²) in [6, 6.07) is 6.21. The Kier molecular flexibility index (Phi) is 4.02. The quantitative estimate of drug-likeness (QED) is 0.899. The third-order valence-electron chi connectivity index (χ3n) is 2.77. The van der Waals surface area contributed by atoms with Crippen molar-refractivity contribution in [1.82, 2.24) is 4.98 Å². The SMILES string of the molecule is CNc1nc(Nc2cc(C)ccc2OC)c(F)cc1F. The summed E-state index contributed by atoms with van der Waals surface area (Å²) >= 11 is 0. The molecule has 2 rings (SSSR count). The molecule has 0 spiro atoms. The van der Waals surface area contributed by atoms with Gasteiger partial charge in [0.05, 0.1) is 12.8 Å². The second kappa shape index (κ2) is 5.73. The maximum atomic E-state index is 13.8. The summed E-state index contributed by atoms with van der Waals surface area (Å²) in [4.78, 5) is 3.86. The first-order valence-corrected chi connectivity index (χ1v) is 6.00. The first kappa shape index (κ1) is 14.0. The Balaban J connectivity index is 2.41. The van der Waals surface area contributed by atoms with Gasteiger partial charge in [-0.25, -0.2) is 13.8 Å². The van der Waals surface area contributed by atoms with Crippen LogP contribution < -0.4 is 15.4 Å². The molecule has 1 aromatic heterocycles. The molecule has 2 N–H and O–H groups in total. The van der Waals surface area contributed by atoms with Gasteiger partial charge < -0.3 is 15.4 Å². The fourth-order valence-electron chi connectivity index (χ4n) is 1.78. The molecule has 0 amide bonds. The third kappa shape index (κ3) is 2.79. The highest BCUT2D eigenvalue weighted by Gasteiger charge is 2.13. The molecule has 0 unspecified atom stereocenters. The Hall–Kier alpha value is -2.37. The molecule has 0 fully saturated rings. The Bertz CT molecular complexity index is 632. The largest absolute Gasteiger partial charge is 0.495 e. The molecule has 1 heterocycles. The maximum Gasteiger partial charge on any atom is 0.169 e. The Morgan fingerprint density at radius 3 is 2.45 bits per heavy atom. The molecule has 0 aliphatic heterocycles. The van der Waals surface area contributed by atoms with Crippen LogP contribution in [0.4, 0.5) is 26.1 Å². The van der Waals surface area contributed by atoms with Crippen LogP contribution in [0.15, 0.2) is 24.3 Å². The van der Waals surface area contributed by atoms with Crippen LogP contribution in [0.1, 0.15) is 5.56 Å². The van der Waals surface area contributed by atoms with E-state index >= 15 is 0 Å². The van der Waals surface area contributed by atoms with Gasteiger partial charge in [0.15, 0.2) is 23.3 Å². The second-order valence-electron chi connectivity index (χ2n) is 4.23. The van der Waals surface area contributed by atoms with Gasteiger partial charge in [-0.15, -0.1) is 0 Å². The predicted molar refractivity (Wildman–Crippen MR) is 74.7 cm³/mol. The lowest BCUT2D eigenvalue weighted by molar-refractivity contribution is 0.416. The minimum absolute atomic E-state index is 0.0273. The van der Waals surface area contributed by atoms with Gasteiger partial charge in [-0.05, 0) is 24.6 Å². The van der Waals surface area contributed by atoms with Crippen LogP contribution in [0.2, 0.25) is 0 Å². The van der Waals surface area contributed by atoms with Gasteiger partial charge in [-0.3, -0.25) is 0 Å². The van der Waals surface area contributed by atoms with Crippen LogP contribution in [0, 0.1) is 18.6 Å². The molecule has 0 bridgehead atoms. The van der Waals surface area contributed by atoms with E-state index in [9.17, 15) is 8.78 Å². The summed E-state index contributed by atoms with van der Waals surface area (Å²) in [7, 11) is 3.03. The smallest absolute Gasteiger partial charge is 0.169 e. The highest BCUT2D eigenvalue weighted by Crippen LogP contribution is 2.29. The lowest BCUT2D eigenvalue weighted by Gasteiger charge is -2.13. The van der Waals surface area contributed by atoms with E-state index in [0.29, 0.717) is 11.4 Å². The van der Waals surface area contributed by atoms with Gasteiger partial charge in [0, 0.05) is 13.1 Å². The number of anilines is 3. The summed E-state index contributed by atoms with van der Waals surface area (Å²) in [5, 5.41) is 5.38. The van der Waals surface area contributed by atoms with Crippen LogP contribution in [-0.4, -0.2) is 19.1 Å². The van der Waals surface area contributed by atoms with E-state index in [-0.39, 0.29) is 11.6 Å². The molecule has 0 aliphatic carbocycles. The first-order chi connectivity index (χ1) is 9.55. The first-order valence-electron chi connectivity index (χ1n) is 6.00. The number of methoxy groups -OCH3 is 1. The van der Waals surface area contributed by atoms with Crippen molar-refractivity contribution in [1.29, 1.82) is 0 Å². The number of nitrogens with one attached hydrogen (secondary N) is 2. The summed E-state index contributed by atoms with van der Waals surface area (Å²) < 4.78 is 32.3. The Morgan fingerprint density at radius 2 is 1.80 bits per heavy atom. The van der Waals surface area contributed by atoms with E-state index < -0.39 is 11.6 Å². The van der Waals surface area contributed by atoms with Gasteiger partial charge >= 0.3 is 0 Å². The molecule has 20 heavy (non-hydrogen) atoms. The number of halogens is 2. The van der Waals surface area contributed by atoms with Crippen LogP contribution >= 0.6 is 0 Å². The van der Waals surface area contributed by atoms with E-state index in [2.05, 4.69) is 15.6 Å².